The van der Waals surface area contributed by atoms with Crippen LogP contribution in [-0.2, 0) is 6.42 Å². The first-order chi connectivity index (χ1) is 9.94. The number of hydrogen-bond acceptors (Lipinski definition) is 2. The Morgan fingerprint density at radius 1 is 1.24 bits per heavy atom. The van der Waals surface area contributed by atoms with E-state index >= 15 is 0 Å². The zero-order valence-electron chi connectivity index (χ0n) is 14.3. The van der Waals surface area contributed by atoms with E-state index in [1.807, 2.05) is 6.07 Å². The number of benzene rings is 1. The van der Waals surface area contributed by atoms with Crippen molar-refractivity contribution < 1.29 is 4.74 Å². The van der Waals surface area contributed by atoms with E-state index in [-0.39, 0.29) is 0 Å². The average molecular weight is 289 g/mol. The number of nitrogens with one attached hydrogen (secondary N) is 1. The second-order valence-corrected chi connectivity index (χ2v) is 7.59. The molecule has 1 aliphatic rings. The Balaban J connectivity index is 2.10. The zero-order chi connectivity index (χ0) is 15.5. The van der Waals surface area contributed by atoms with Crippen LogP contribution in [0.25, 0.3) is 0 Å². The monoisotopic (exact) mass is 289 g/mol. The first kappa shape index (κ1) is 16.4. The van der Waals surface area contributed by atoms with Crippen molar-refractivity contribution in [3.63, 3.8) is 0 Å². The summed E-state index contributed by atoms with van der Waals surface area (Å²) in [7, 11) is 3.85. The first-order valence-corrected chi connectivity index (χ1v) is 8.24. The molecule has 3 unspecified atom stereocenters. The standard InChI is InChI=1S/C19H31NO/c1-19(2,3)16-9-10-18(20-4)15(13-16)11-14-7-6-8-17(12-14)21-5/h6-8,12,15-16,18,20H,9-11,13H2,1-5H3. The summed E-state index contributed by atoms with van der Waals surface area (Å²) in [6.45, 7) is 7.17. The molecule has 2 rings (SSSR count). The topological polar surface area (TPSA) is 21.3 Å². The van der Waals surface area contributed by atoms with Gasteiger partial charge in [0, 0.05) is 6.04 Å². The van der Waals surface area contributed by atoms with Gasteiger partial charge in [0.05, 0.1) is 7.11 Å². The highest BCUT2D eigenvalue weighted by atomic mass is 16.5. The molecule has 21 heavy (non-hydrogen) atoms. The predicted octanol–water partition coefficient (Wildman–Crippen LogP) is 4.29. The number of methoxy groups -OCH3 is 1. The van der Waals surface area contributed by atoms with Gasteiger partial charge in [0.15, 0.2) is 0 Å². The van der Waals surface area contributed by atoms with Crippen LogP contribution in [0, 0.1) is 17.3 Å². The van der Waals surface area contributed by atoms with Gasteiger partial charge in [-0.25, -0.2) is 0 Å². The van der Waals surface area contributed by atoms with Crippen molar-refractivity contribution in [3.05, 3.63) is 29.8 Å². The third-order valence-electron chi connectivity index (χ3n) is 5.21. The molecule has 1 aromatic carbocycles. The lowest BCUT2D eigenvalue weighted by atomic mass is 9.66. The normalized spacial score (nSPS) is 26.6. The van der Waals surface area contributed by atoms with Crippen LogP contribution in [0.3, 0.4) is 0 Å². The van der Waals surface area contributed by atoms with Gasteiger partial charge in [0.1, 0.15) is 5.75 Å². The molecule has 1 saturated carbocycles. The van der Waals surface area contributed by atoms with Crippen LogP contribution < -0.4 is 10.1 Å². The molecule has 0 bridgehead atoms. The molecule has 1 aromatic rings. The fourth-order valence-corrected chi connectivity index (χ4v) is 3.76. The Bertz CT molecular complexity index is 449. The third-order valence-corrected chi connectivity index (χ3v) is 5.21. The van der Waals surface area contributed by atoms with Crippen molar-refractivity contribution in [2.75, 3.05) is 14.2 Å². The van der Waals surface area contributed by atoms with Crippen LogP contribution in [0.1, 0.15) is 45.6 Å². The number of ether oxygens (including phenoxy) is 1. The van der Waals surface area contributed by atoms with E-state index in [0.29, 0.717) is 11.5 Å². The summed E-state index contributed by atoms with van der Waals surface area (Å²) < 4.78 is 5.36. The Kier molecular flexibility index (Phi) is 5.32. The fourth-order valence-electron chi connectivity index (χ4n) is 3.76. The Labute approximate surface area is 130 Å². The Morgan fingerprint density at radius 2 is 2.00 bits per heavy atom. The second-order valence-electron chi connectivity index (χ2n) is 7.59. The molecule has 0 aromatic heterocycles. The highest BCUT2D eigenvalue weighted by Gasteiger charge is 2.35. The van der Waals surface area contributed by atoms with Gasteiger partial charge < -0.3 is 10.1 Å². The maximum atomic E-state index is 5.36. The maximum absolute atomic E-state index is 5.36. The highest BCUT2D eigenvalue weighted by Crippen LogP contribution is 2.41. The van der Waals surface area contributed by atoms with Crippen LogP contribution in [-0.4, -0.2) is 20.2 Å². The molecule has 3 atom stereocenters. The quantitative estimate of drug-likeness (QED) is 0.893. The van der Waals surface area contributed by atoms with E-state index < -0.39 is 0 Å². The van der Waals surface area contributed by atoms with Crippen molar-refractivity contribution in [2.24, 2.45) is 17.3 Å². The molecule has 1 N–H and O–H groups in total. The summed E-state index contributed by atoms with van der Waals surface area (Å²) in [6.07, 6.45) is 5.12. The molecule has 0 amide bonds. The summed E-state index contributed by atoms with van der Waals surface area (Å²) >= 11 is 0. The summed E-state index contributed by atoms with van der Waals surface area (Å²) in [5, 5.41) is 3.54. The molecule has 0 radical (unpaired) electrons. The molecule has 1 aliphatic carbocycles. The van der Waals surface area contributed by atoms with Crippen molar-refractivity contribution in [2.45, 2.75) is 52.5 Å². The molecule has 0 aliphatic heterocycles. The summed E-state index contributed by atoms with van der Waals surface area (Å²) in [5.41, 5.74) is 1.82. The molecule has 2 heteroatoms. The largest absolute Gasteiger partial charge is 0.497 e. The van der Waals surface area contributed by atoms with Gasteiger partial charge >= 0.3 is 0 Å². The average Bonchev–Trinajstić information content (AvgIpc) is 2.46. The van der Waals surface area contributed by atoms with Gasteiger partial charge in [-0.1, -0.05) is 32.9 Å². The lowest BCUT2D eigenvalue weighted by molar-refractivity contribution is 0.116. The smallest absolute Gasteiger partial charge is 0.119 e. The minimum atomic E-state index is 0.422. The molecular formula is C19H31NO. The second kappa shape index (κ2) is 6.83. The van der Waals surface area contributed by atoms with Gasteiger partial charge in [-0.3, -0.25) is 0 Å². The van der Waals surface area contributed by atoms with Crippen LogP contribution in [0.4, 0.5) is 0 Å². The van der Waals surface area contributed by atoms with Gasteiger partial charge in [-0.15, -0.1) is 0 Å². The minimum absolute atomic E-state index is 0.422. The summed E-state index contributed by atoms with van der Waals surface area (Å²) in [5.74, 6) is 2.52. The maximum Gasteiger partial charge on any atom is 0.119 e. The Morgan fingerprint density at radius 3 is 2.62 bits per heavy atom. The van der Waals surface area contributed by atoms with Crippen molar-refractivity contribution in [1.82, 2.24) is 5.32 Å². The number of rotatable bonds is 4. The SMILES string of the molecule is CNC1CCC(C(C)(C)C)CC1Cc1cccc(OC)c1. The van der Waals surface area contributed by atoms with E-state index in [9.17, 15) is 0 Å². The zero-order valence-corrected chi connectivity index (χ0v) is 14.3. The Hall–Kier alpha value is -1.02. The van der Waals surface area contributed by atoms with Crippen molar-refractivity contribution in [3.8, 4) is 5.75 Å². The van der Waals surface area contributed by atoms with E-state index in [1.165, 1.54) is 24.8 Å². The van der Waals surface area contributed by atoms with Crippen LogP contribution >= 0.6 is 0 Å². The van der Waals surface area contributed by atoms with Crippen LogP contribution in [0.2, 0.25) is 0 Å². The molecule has 0 heterocycles. The highest BCUT2D eigenvalue weighted by molar-refractivity contribution is 5.28. The molecule has 0 spiro atoms. The molecule has 0 saturated heterocycles. The van der Waals surface area contributed by atoms with E-state index in [1.54, 1.807) is 7.11 Å². The van der Waals surface area contributed by atoms with Crippen molar-refractivity contribution >= 4 is 0 Å². The van der Waals surface area contributed by atoms with E-state index in [2.05, 4.69) is 51.3 Å². The third kappa shape index (κ3) is 4.23. The van der Waals surface area contributed by atoms with Crippen molar-refractivity contribution in [1.29, 1.82) is 0 Å². The van der Waals surface area contributed by atoms with Gasteiger partial charge in [-0.2, -0.15) is 0 Å². The summed E-state index contributed by atoms with van der Waals surface area (Å²) in [4.78, 5) is 0. The molecule has 118 valence electrons. The molecule has 2 nitrogen and oxygen atoms in total. The van der Waals surface area contributed by atoms with Crippen LogP contribution in [0.15, 0.2) is 24.3 Å². The lowest BCUT2D eigenvalue weighted by Crippen LogP contribution is -2.42. The first-order valence-electron chi connectivity index (χ1n) is 8.24. The van der Waals surface area contributed by atoms with Gasteiger partial charge in [-0.05, 0) is 67.7 Å². The molecule has 1 fully saturated rings. The van der Waals surface area contributed by atoms with E-state index in [0.717, 1.165) is 24.0 Å². The number of hydrogen-bond donors (Lipinski definition) is 1. The van der Waals surface area contributed by atoms with E-state index in [4.69, 9.17) is 4.74 Å². The predicted molar refractivity (Wildman–Crippen MR) is 89.8 cm³/mol. The fraction of sp³-hybridized carbons (Fsp3) is 0.684. The minimum Gasteiger partial charge on any atom is -0.497 e. The van der Waals surface area contributed by atoms with Gasteiger partial charge in [0.2, 0.25) is 0 Å². The lowest BCUT2D eigenvalue weighted by Gasteiger charge is -2.42. The molecular weight excluding hydrogens is 258 g/mol. The van der Waals surface area contributed by atoms with Gasteiger partial charge in [0.25, 0.3) is 0 Å². The van der Waals surface area contributed by atoms with Crippen LogP contribution in [0.5, 0.6) is 5.75 Å². The summed E-state index contributed by atoms with van der Waals surface area (Å²) in [6, 6.07) is 9.20.